The number of ketones is 1. The Bertz CT molecular complexity index is 482. The van der Waals surface area contributed by atoms with Crippen molar-refractivity contribution in [2.24, 2.45) is 0 Å². The summed E-state index contributed by atoms with van der Waals surface area (Å²) in [7, 11) is -1.67. The molecule has 6 nitrogen and oxygen atoms in total. The van der Waals surface area contributed by atoms with Crippen molar-refractivity contribution in [2.45, 2.75) is 32.4 Å². The molecule has 7 heteroatoms. The van der Waals surface area contributed by atoms with Crippen LogP contribution < -0.4 is 0 Å². The molecule has 0 aromatic rings. The highest BCUT2D eigenvalue weighted by Crippen LogP contribution is 2.20. The highest BCUT2D eigenvalue weighted by Gasteiger charge is 2.35. The molecule has 0 N–H and O–H groups in total. The van der Waals surface area contributed by atoms with E-state index in [1.165, 1.54) is 19.1 Å². The van der Waals surface area contributed by atoms with Gasteiger partial charge in [0.25, 0.3) is 14.1 Å². The maximum atomic E-state index is 11.1. The Morgan fingerprint density at radius 1 is 1.48 bits per heavy atom. The summed E-state index contributed by atoms with van der Waals surface area (Å²) in [4.78, 5) is 22.2. The van der Waals surface area contributed by atoms with E-state index in [1.807, 2.05) is 19.6 Å². The normalized spacial score (nSPS) is 21.4. The Morgan fingerprint density at radius 2 is 2.19 bits per heavy atom. The van der Waals surface area contributed by atoms with Gasteiger partial charge in [-0.3, -0.25) is 9.59 Å². The number of esters is 1. The predicted octanol–water partition coefficient (Wildman–Crippen LogP) is 1.23. The standard InChI is InChI=1S/C14H20O6Si/c1-12(15)20-14(7-6-13(16)10-18-14)11-17-8-5-9-19-21(2,3)4/h6-7H,8,10-11H2,1-4H3. The third-order valence-electron chi connectivity index (χ3n) is 2.21. The lowest BCUT2D eigenvalue weighted by atomic mass is 10.2. The molecule has 0 spiro atoms. The molecular formula is C14H20O6Si. The summed E-state index contributed by atoms with van der Waals surface area (Å²) in [5.41, 5.74) is 0. The van der Waals surface area contributed by atoms with Gasteiger partial charge >= 0.3 is 5.97 Å². The lowest BCUT2D eigenvalue weighted by molar-refractivity contribution is -0.226. The Hall–Kier alpha value is -1.62. The van der Waals surface area contributed by atoms with E-state index in [0.29, 0.717) is 0 Å². The molecule has 1 rings (SSSR count). The van der Waals surface area contributed by atoms with Crippen LogP contribution in [0.2, 0.25) is 19.6 Å². The molecule has 1 aliphatic heterocycles. The van der Waals surface area contributed by atoms with Gasteiger partial charge in [0, 0.05) is 6.92 Å². The third kappa shape index (κ3) is 7.08. The van der Waals surface area contributed by atoms with Crippen molar-refractivity contribution in [1.82, 2.24) is 0 Å². The molecule has 1 unspecified atom stereocenters. The summed E-state index contributed by atoms with van der Waals surface area (Å²) in [5, 5.41) is 0. The summed E-state index contributed by atoms with van der Waals surface area (Å²) < 4.78 is 21.0. The van der Waals surface area contributed by atoms with Crippen molar-refractivity contribution >= 4 is 20.1 Å². The zero-order valence-electron chi connectivity index (χ0n) is 12.7. The Morgan fingerprint density at radius 3 is 2.71 bits per heavy atom. The summed E-state index contributed by atoms with van der Waals surface area (Å²) in [6.07, 6.45) is 5.29. The smallest absolute Gasteiger partial charge is 0.305 e. The van der Waals surface area contributed by atoms with E-state index in [2.05, 4.69) is 12.0 Å². The van der Waals surface area contributed by atoms with E-state index in [-0.39, 0.29) is 25.6 Å². The molecule has 116 valence electrons. The van der Waals surface area contributed by atoms with E-state index in [9.17, 15) is 9.59 Å². The fraction of sp³-hybridized carbons (Fsp3) is 0.571. The molecule has 0 aliphatic carbocycles. The van der Waals surface area contributed by atoms with E-state index < -0.39 is 20.1 Å². The van der Waals surface area contributed by atoms with E-state index in [0.717, 1.165) is 0 Å². The van der Waals surface area contributed by atoms with Crippen LogP contribution in [0.4, 0.5) is 0 Å². The molecule has 21 heavy (non-hydrogen) atoms. The van der Waals surface area contributed by atoms with Gasteiger partial charge in [-0.1, -0.05) is 0 Å². The molecule has 0 fully saturated rings. The first-order valence-electron chi connectivity index (χ1n) is 6.52. The second kappa shape index (κ2) is 7.40. The summed E-state index contributed by atoms with van der Waals surface area (Å²) in [6, 6.07) is 0. The largest absolute Gasteiger partial charge is 0.501 e. The van der Waals surface area contributed by atoms with Crippen LogP contribution >= 0.6 is 0 Å². The van der Waals surface area contributed by atoms with Crippen LogP contribution in [0.15, 0.2) is 12.2 Å². The van der Waals surface area contributed by atoms with Gasteiger partial charge in [0.1, 0.15) is 19.8 Å². The minimum Gasteiger partial charge on any atom is -0.501 e. The van der Waals surface area contributed by atoms with Crippen molar-refractivity contribution in [1.29, 1.82) is 0 Å². The molecule has 0 amide bonds. The van der Waals surface area contributed by atoms with Crippen LogP contribution in [0, 0.1) is 12.0 Å². The summed E-state index contributed by atoms with van der Waals surface area (Å²) in [6.45, 7) is 7.24. The number of carbonyl (C=O) groups is 2. The van der Waals surface area contributed by atoms with Crippen molar-refractivity contribution in [3.8, 4) is 12.0 Å². The molecular weight excluding hydrogens is 292 g/mol. The molecule has 1 aliphatic rings. The Balaban J connectivity index is 2.50. The fourth-order valence-electron chi connectivity index (χ4n) is 1.40. The van der Waals surface area contributed by atoms with E-state index in [4.69, 9.17) is 18.6 Å². The highest BCUT2D eigenvalue weighted by molar-refractivity contribution is 6.70. The second-order valence-electron chi connectivity index (χ2n) is 5.48. The first kappa shape index (κ1) is 17.4. The fourth-order valence-corrected chi connectivity index (χ4v) is 1.78. The van der Waals surface area contributed by atoms with E-state index >= 15 is 0 Å². The Kier molecular flexibility index (Phi) is 6.14. The van der Waals surface area contributed by atoms with Crippen LogP contribution in [-0.2, 0) is 28.2 Å². The van der Waals surface area contributed by atoms with Gasteiger partial charge in [-0.05, 0) is 37.7 Å². The van der Waals surface area contributed by atoms with Crippen molar-refractivity contribution < 1.29 is 28.2 Å². The molecule has 0 radical (unpaired) electrons. The van der Waals surface area contributed by atoms with Gasteiger partial charge in [0.15, 0.2) is 5.78 Å². The second-order valence-corrected chi connectivity index (χ2v) is 9.91. The van der Waals surface area contributed by atoms with Crippen molar-refractivity contribution in [3.63, 3.8) is 0 Å². The van der Waals surface area contributed by atoms with Gasteiger partial charge in [0.05, 0.1) is 6.11 Å². The monoisotopic (exact) mass is 312 g/mol. The van der Waals surface area contributed by atoms with Crippen LogP contribution in [0.3, 0.4) is 0 Å². The van der Waals surface area contributed by atoms with E-state index in [1.54, 1.807) is 0 Å². The number of hydrogen-bond donors (Lipinski definition) is 0. The molecule has 0 bridgehead atoms. The van der Waals surface area contributed by atoms with Crippen molar-refractivity contribution in [2.75, 3.05) is 19.8 Å². The number of carbonyl (C=O) groups excluding carboxylic acids is 2. The maximum Gasteiger partial charge on any atom is 0.305 e. The number of hydrogen-bond acceptors (Lipinski definition) is 6. The minimum atomic E-state index is -1.67. The molecule has 0 aromatic heterocycles. The third-order valence-corrected chi connectivity index (χ3v) is 2.92. The molecule has 0 saturated heterocycles. The lowest BCUT2D eigenvalue weighted by Gasteiger charge is -2.31. The van der Waals surface area contributed by atoms with Crippen molar-refractivity contribution in [3.05, 3.63) is 12.2 Å². The summed E-state index contributed by atoms with van der Waals surface area (Å²) >= 11 is 0. The average Bonchev–Trinajstić information content (AvgIpc) is 2.35. The van der Waals surface area contributed by atoms with Crippen LogP contribution in [0.1, 0.15) is 6.92 Å². The van der Waals surface area contributed by atoms with Gasteiger partial charge in [-0.25, -0.2) is 0 Å². The zero-order valence-corrected chi connectivity index (χ0v) is 13.7. The SMILES string of the molecule is CC(=O)OC1(COCC#CO[Si](C)(C)C)C=CC(=O)CO1. The van der Waals surface area contributed by atoms with Gasteiger partial charge < -0.3 is 18.6 Å². The van der Waals surface area contributed by atoms with Crippen LogP contribution in [0.5, 0.6) is 0 Å². The van der Waals surface area contributed by atoms with Gasteiger partial charge in [0.2, 0.25) is 0 Å². The average molecular weight is 312 g/mol. The first-order chi connectivity index (χ1) is 9.72. The Labute approximate surface area is 125 Å². The minimum absolute atomic E-state index is 0.0437. The predicted molar refractivity (Wildman–Crippen MR) is 77.6 cm³/mol. The maximum absolute atomic E-state index is 11.1. The van der Waals surface area contributed by atoms with Crippen LogP contribution in [-0.4, -0.2) is 45.7 Å². The molecule has 0 saturated carbocycles. The molecule has 1 atom stereocenters. The zero-order chi connectivity index (χ0) is 15.9. The van der Waals surface area contributed by atoms with Crippen LogP contribution in [0.25, 0.3) is 0 Å². The topological polar surface area (TPSA) is 71.1 Å². The first-order valence-corrected chi connectivity index (χ1v) is 9.92. The quantitative estimate of drug-likeness (QED) is 0.329. The highest BCUT2D eigenvalue weighted by atomic mass is 28.4. The number of rotatable bonds is 5. The molecule has 0 aromatic carbocycles. The molecule has 1 heterocycles. The summed E-state index contributed by atoms with van der Waals surface area (Å²) in [5.74, 6) is 0.638. The van der Waals surface area contributed by atoms with Gasteiger partial charge in [-0.2, -0.15) is 0 Å². The lowest BCUT2D eigenvalue weighted by Crippen LogP contribution is -2.44. The van der Waals surface area contributed by atoms with Gasteiger partial charge in [-0.15, -0.1) is 0 Å². The number of ether oxygens (including phenoxy) is 3.